The average Bonchev–Trinajstić information content (AvgIpc) is 2.16. The summed E-state index contributed by atoms with van der Waals surface area (Å²) in [5, 5.41) is 12.8. The molecule has 2 N–H and O–H groups in total. The number of rotatable bonds is 5. The minimum atomic E-state index is -0.652. The van der Waals surface area contributed by atoms with E-state index in [9.17, 15) is 13.9 Å². The van der Waals surface area contributed by atoms with Crippen molar-refractivity contribution in [2.75, 3.05) is 6.54 Å². The Morgan fingerprint density at radius 1 is 1.25 bits per heavy atom. The summed E-state index contributed by atoms with van der Waals surface area (Å²) in [7, 11) is 0. The van der Waals surface area contributed by atoms with Crippen molar-refractivity contribution in [3.8, 4) is 0 Å². The molecule has 0 aromatic heterocycles. The van der Waals surface area contributed by atoms with E-state index in [-0.39, 0.29) is 12.5 Å². The van der Waals surface area contributed by atoms with E-state index in [2.05, 4.69) is 5.32 Å². The predicted molar refractivity (Wildman–Crippen MR) is 59.2 cm³/mol. The van der Waals surface area contributed by atoms with Crippen LogP contribution in [0.2, 0.25) is 0 Å². The molecule has 0 aliphatic carbocycles. The minimum Gasteiger partial charge on any atom is -0.391 e. The highest BCUT2D eigenvalue weighted by atomic mass is 19.1. The first-order chi connectivity index (χ1) is 7.52. The summed E-state index contributed by atoms with van der Waals surface area (Å²) in [5.41, 5.74) is 0.467. The van der Waals surface area contributed by atoms with Crippen LogP contribution < -0.4 is 5.32 Å². The minimum absolute atomic E-state index is 0.101. The van der Waals surface area contributed by atoms with Gasteiger partial charge in [-0.25, -0.2) is 8.78 Å². The van der Waals surface area contributed by atoms with Gasteiger partial charge in [0, 0.05) is 18.5 Å². The molecule has 0 saturated heterocycles. The van der Waals surface area contributed by atoms with Crippen LogP contribution >= 0.6 is 0 Å². The Morgan fingerprint density at radius 3 is 2.31 bits per heavy atom. The molecular weight excluding hydrogens is 212 g/mol. The maximum Gasteiger partial charge on any atom is 0.126 e. The lowest BCUT2D eigenvalue weighted by Crippen LogP contribution is -2.38. The first-order valence-corrected chi connectivity index (χ1v) is 5.39. The SMILES string of the molecule is CCNC(C)C(O)Cc1cc(F)cc(F)c1. The van der Waals surface area contributed by atoms with E-state index in [4.69, 9.17) is 0 Å². The van der Waals surface area contributed by atoms with Crippen molar-refractivity contribution in [1.29, 1.82) is 0 Å². The molecule has 0 aliphatic heterocycles. The Bertz CT molecular complexity index is 324. The normalized spacial score (nSPS) is 14.8. The van der Waals surface area contributed by atoms with E-state index in [1.807, 2.05) is 13.8 Å². The van der Waals surface area contributed by atoms with Crippen molar-refractivity contribution in [2.24, 2.45) is 0 Å². The number of likely N-dealkylation sites (N-methyl/N-ethyl adjacent to an activating group) is 1. The van der Waals surface area contributed by atoms with Gasteiger partial charge in [-0.15, -0.1) is 0 Å². The van der Waals surface area contributed by atoms with Gasteiger partial charge in [0.05, 0.1) is 6.10 Å². The van der Waals surface area contributed by atoms with Crippen molar-refractivity contribution in [3.63, 3.8) is 0 Å². The lowest BCUT2D eigenvalue weighted by Gasteiger charge is -2.19. The van der Waals surface area contributed by atoms with E-state index in [1.165, 1.54) is 12.1 Å². The van der Waals surface area contributed by atoms with Crippen molar-refractivity contribution in [3.05, 3.63) is 35.4 Å². The van der Waals surface area contributed by atoms with E-state index in [0.717, 1.165) is 12.6 Å². The first-order valence-electron chi connectivity index (χ1n) is 5.39. The molecule has 90 valence electrons. The maximum atomic E-state index is 12.9. The zero-order chi connectivity index (χ0) is 12.1. The zero-order valence-corrected chi connectivity index (χ0v) is 9.50. The van der Waals surface area contributed by atoms with Crippen LogP contribution in [0.5, 0.6) is 0 Å². The van der Waals surface area contributed by atoms with Gasteiger partial charge in [-0.1, -0.05) is 6.92 Å². The number of benzene rings is 1. The van der Waals surface area contributed by atoms with Crippen LogP contribution in [0, 0.1) is 11.6 Å². The third-order valence-electron chi connectivity index (χ3n) is 2.47. The van der Waals surface area contributed by atoms with Crippen LogP contribution in [0.3, 0.4) is 0 Å². The van der Waals surface area contributed by atoms with Gasteiger partial charge >= 0.3 is 0 Å². The van der Waals surface area contributed by atoms with E-state index in [1.54, 1.807) is 0 Å². The highest BCUT2D eigenvalue weighted by Crippen LogP contribution is 2.11. The fourth-order valence-electron chi connectivity index (χ4n) is 1.61. The maximum absolute atomic E-state index is 12.9. The Balaban J connectivity index is 2.65. The standard InChI is InChI=1S/C12H17F2NO/c1-3-15-8(2)12(16)6-9-4-10(13)7-11(14)5-9/h4-5,7-8,12,15-16H,3,6H2,1-2H3. The summed E-state index contributed by atoms with van der Waals surface area (Å²) < 4.78 is 25.8. The molecule has 1 aromatic carbocycles. The topological polar surface area (TPSA) is 32.3 Å². The fourth-order valence-corrected chi connectivity index (χ4v) is 1.61. The Hall–Kier alpha value is -1.00. The number of halogens is 2. The van der Waals surface area contributed by atoms with Gasteiger partial charge in [-0.05, 0) is 31.2 Å². The monoisotopic (exact) mass is 229 g/mol. The largest absolute Gasteiger partial charge is 0.391 e. The summed E-state index contributed by atoms with van der Waals surface area (Å²) in [6.45, 7) is 4.52. The quantitative estimate of drug-likeness (QED) is 0.807. The molecule has 2 unspecified atom stereocenters. The van der Waals surface area contributed by atoms with E-state index >= 15 is 0 Å². The van der Waals surface area contributed by atoms with Gasteiger partial charge in [0.15, 0.2) is 0 Å². The molecule has 0 aliphatic rings. The van der Waals surface area contributed by atoms with Crippen LogP contribution in [0.4, 0.5) is 8.78 Å². The number of nitrogens with one attached hydrogen (secondary N) is 1. The third kappa shape index (κ3) is 3.87. The molecule has 0 spiro atoms. The Kier molecular flexibility index (Phi) is 4.83. The molecule has 0 saturated carbocycles. The van der Waals surface area contributed by atoms with Crippen molar-refractivity contribution < 1.29 is 13.9 Å². The molecule has 2 nitrogen and oxygen atoms in total. The lowest BCUT2D eigenvalue weighted by molar-refractivity contribution is 0.135. The summed E-state index contributed by atoms with van der Waals surface area (Å²) in [5.74, 6) is -1.23. The number of aliphatic hydroxyl groups is 1. The number of aliphatic hydroxyl groups excluding tert-OH is 1. The summed E-state index contributed by atoms with van der Waals surface area (Å²) >= 11 is 0. The van der Waals surface area contributed by atoms with Gasteiger partial charge in [-0.3, -0.25) is 0 Å². The molecule has 0 amide bonds. The van der Waals surface area contributed by atoms with Gasteiger partial charge in [0.25, 0.3) is 0 Å². The highest BCUT2D eigenvalue weighted by Gasteiger charge is 2.14. The van der Waals surface area contributed by atoms with Crippen LogP contribution in [0.1, 0.15) is 19.4 Å². The molecule has 2 atom stereocenters. The van der Waals surface area contributed by atoms with Gasteiger partial charge in [-0.2, -0.15) is 0 Å². The van der Waals surface area contributed by atoms with Crippen LogP contribution in [0.25, 0.3) is 0 Å². The van der Waals surface area contributed by atoms with Gasteiger partial charge in [0.1, 0.15) is 11.6 Å². The number of hydrogen-bond acceptors (Lipinski definition) is 2. The Morgan fingerprint density at radius 2 is 1.81 bits per heavy atom. The summed E-state index contributed by atoms with van der Waals surface area (Å²) in [6.07, 6.45) is -0.413. The molecule has 4 heteroatoms. The van der Waals surface area contributed by atoms with Crippen LogP contribution in [-0.4, -0.2) is 23.8 Å². The summed E-state index contributed by atoms with van der Waals surface area (Å²) in [4.78, 5) is 0. The molecule has 0 radical (unpaired) electrons. The summed E-state index contributed by atoms with van der Waals surface area (Å²) in [6, 6.07) is 3.20. The van der Waals surface area contributed by atoms with Crippen molar-refractivity contribution >= 4 is 0 Å². The van der Waals surface area contributed by atoms with E-state index < -0.39 is 17.7 Å². The zero-order valence-electron chi connectivity index (χ0n) is 9.50. The second kappa shape index (κ2) is 5.92. The molecule has 1 rings (SSSR count). The predicted octanol–water partition coefficient (Wildman–Crippen LogP) is 1.87. The first kappa shape index (κ1) is 13.1. The fraction of sp³-hybridized carbons (Fsp3) is 0.500. The number of hydrogen-bond donors (Lipinski definition) is 2. The second-order valence-corrected chi connectivity index (χ2v) is 3.90. The molecule has 0 heterocycles. The average molecular weight is 229 g/mol. The van der Waals surface area contributed by atoms with Crippen molar-refractivity contribution in [2.45, 2.75) is 32.4 Å². The molecule has 16 heavy (non-hydrogen) atoms. The van der Waals surface area contributed by atoms with E-state index in [0.29, 0.717) is 5.56 Å². The molecule has 0 fully saturated rings. The third-order valence-corrected chi connectivity index (χ3v) is 2.47. The molecular formula is C12H17F2NO. The molecule has 0 bridgehead atoms. The van der Waals surface area contributed by atoms with Crippen LogP contribution in [-0.2, 0) is 6.42 Å². The lowest BCUT2D eigenvalue weighted by atomic mass is 10.0. The van der Waals surface area contributed by atoms with Gasteiger partial charge in [0.2, 0.25) is 0 Å². The Labute approximate surface area is 94.3 Å². The highest BCUT2D eigenvalue weighted by molar-refractivity contribution is 5.18. The van der Waals surface area contributed by atoms with Crippen LogP contribution in [0.15, 0.2) is 18.2 Å². The second-order valence-electron chi connectivity index (χ2n) is 3.90. The van der Waals surface area contributed by atoms with Crippen molar-refractivity contribution in [1.82, 2.24) is 5.32 Å². The molecule has 1 aromatic rings. The smallest absolute Gasteiger partial charge is 0.126 e. The van der Waals surface area contributed by atoms with Gasteiger partial charge < -0.3 is 10.4 Å².